The van der Waals surface area contributed by atoms with Crippen LogP contribution in [0.2, 0.25) is 0 Å². The van der Waals surface area contributed by atoms with E-state index in [1.165, 1.54) is 31.3 Å². The van der Waals surface area contributed by atoms with E-state index in [9.17, 15) is 22.8 Å². The number of ketones is 1. The van der Waals surface area contributed by atoms with E-state index >= 15 is 0 Å². The van der Waals surface area contributed by atoms with Crippen molar-refractivity contribution in [3.8, 4) is 11.8 Å². The van der Waals surface area contributed by atoms with Gasteiger partial charge >= 0.3 is 6.18 Å². The first-order valence-electron chi connectivity index (χ1n) is 17.4. The summed E-state index contributed by atoms with van der Waals surface area (Å²) < 4.78 is 46.7. The van der Waals surface area contributed by atoms with Crippen molar-refractivity contribution in [3.63, 3.8) is 0 Å². The summed E-state index contributed by atoms with van der Waals surface area (Å²) in [6.07, 6.45) is 10.5. The molecule has 4 rings (SSSR count). The first-order chi connectivity index (χ1) is 25.2. The number of ether oxygens (including phenoxy) is 1. The topological polar surface area (TPSA) is 92.1 Å². The van der Waals surface area contributed by atoms with Gasteiger partial charge in [-0.15, -0.1) is 0 Å². The van der Waals surface area contributed by atoms with E-state index < -0.39 is 22.8 Å². The Bertz CT molecular complexity index is 2080. The molecular weight excluding hydrogens is 696 g/mol. The molecule has 1 fully saturated rings. The van der Waals surface area contributed by atoms with Crippen molar-refractivity contribution < 1.29 is 27.5 Å². The van der Waals surface area contributed by atoms with Crippen molar-refractivity contribution in [1.82, 2.24) is 10.3 Å². The molecule has 1 aliphatic heterocycles. The summed E-state index contributed by atoms with van der Waals surface area (Å²) in [6, 6.07) is 7.76. The van der Waals surface area contributed by atoms with Gasteiger partial charge in [-0.25, -0.2) is 4.98 Å². The van der Waals surface area contributed by atoms with Crippen molar-refractivity contribution in [2.75, 3.05) is 6.61 Å². The summed E-state index contributed by atoms with van der Waals surface area (Å²) in [4.78, 5) is 31.2. The van der Waals surface area contributed by atoms with Crippen molar-refractivity contribution in [2.45, 2.75) is 72.4 Å². The van der Waals surface area contributed by atoms with E-state index in [4.69, 9.17) is 22.2 Å². The summed E-state index contributed by atoms with van der Waals surface area (Å²) in [5.74, 6) is 0.105. The van der Waals surface area contributed by atoms with Gasteiger partial charge in [-0.2, -0.15) is 18.4 Å². The summed E-state index contributed by atoms with van der Waals surface area (Å²) in [5.41, 5.74) is 5.83. The van der Waals surface area contributed by atoms with Gasteiger partial charge in [0, 0.05) is 22.2 Å². The SMILES string of the molecule is C=CC(C)=C1C(=O)NC(c2cc(/C(=C/C(=S)/C=C/c3cnc(C#N)c(C(F)(F)F)c3)C3(C(C)=O)CCC3)ccc2OCC)=C=CC=C1CC(=C)CCC. The molecule has 1 aromatic carbocycles. The highest BCUT2D eigenvalue weighted by atomic mass is 32.1. The Morgan fingerprint density at radius 3 is 2.55 bits per heavy atom. The number of alkyl halides is 3. The molecule has 0 bridgehead atoms. The van der Waals surface area contributed by atoms with Crippen LogP contribution in [0.5, 0.6) is 5.75 Å². The van der Waals surface area contributed by atoms with Crippen molar-refractivity contribution in [2.24, 2.45) is 5.41 Å². The van der Waals surface area contributed by atoms with Crippen molar-refractivity contribution >= 4 is 46.1 Å². The molecule has 1 aromatic heterocycles. The number of halogens is 3. The third-order valence-electron chi connectivity index (χ3n) is 9.35. The first-order valence-corrected chi connectivity index (χ1v) is 17.8. The van der Waals surface area contributed by atoms with Crippen LogP contribution in [0.4, 0.5) is 13.2 Å². The number of carbonyl (C=O) groups is 2. The van der Waals surface area contributed by atoms with Crippen LogP contribution in [0.25, 0.3) is 17.3 Å². The molecule has 6 nitrogen and oxygen atoms in total. The van der Waals surface area contributed by atoms with Crippen molar-refractivity contribution in [3.05, 3.63) is 130 Å². The second kappa shape index (κ2) is 17.4. The number of aromatic nitrogens is 1. The maximum absolute atomic E-state index is 14.0. The average molecular weight is 738 g/mol. The number of hydrogen-bond donors (Lipinski definition) is 1. The van der Waals surface area contributed by atoms with Gasteiger partial charge < -0.3 is 10.1 Å². The summed E-state index contributed by atoms with van der Waals surface area (Å²) in [5, 5.41) is 12.1. The second-order valence-corrected chi connectivity index (χ2v) is 13.4. The number of hydrogen-bond acceptors (Lipinski definition) is 6. The highest BCUT2D eigenvalue weighted by Crippen LogP contribution is 2.52. The molecule has 1 saturated carbocycles. The highest BCUT2D eigenvalue weighted by molar-refractivity contribution is 7.81. The van der Waals surface area contributed by atoms with E-state index in [0.717, 1.165) is 36.5 Å². The molecule has 1 amide bonds. The quantitative estimate of drug-likeness (QED) is 0.0898. The molecule has 1 N–H and O–H groups in total. The lowest BCUT2D eigenvalue weighted by atomic mass is 9.60. The second-order valence-electron chi connectivity index (χ2n) is 13.0. The fraction of sp³-hybridized carbons (Fsp3) is 0.302. The zero-order valence-corrected chi connectivity index (χ0v) is 31.2. The van der Waals surface area contributed by atoms with Gasteiger partial charge in [-0.3, -0.25) is 9.59 Å². The predicted molar refractivity (Wildman–Crippen MR) is 207 cm³/mol. The Kier molecular flexibility index (Phi) is 13.3. The van der Waals surface area contributed by atoms with E-state index in [2.05, 4.69) is 36.1 Å². The van der Waals surface area contributed by atoms with Gasteiger partial charge in [0.25, 0.3) is 5.91 Å². The Hall–Kier alpha value is -5.36. The van der Waals surface area contributed by atoms with E-state index in [1.807, 2.05) is 32.1 Å². The summed E-state index contributed by atoms with van der Waals surface area (Å²) in [7, 11) is 0. The molecule has 2 aromatic rings. The fourth-order valence-corrected chi connectivity index (χ4v) is 6.65. The van der Waals surface area contributed by atoms with Crippen LogP contribution in [-0.4, -0.2) is 28.1 Å². The summed E-state index contributed by atoms with van der Waals surface area (Å²) >= 11 is 5.69. The van der Waals surface area contributed by atoms with Crippen LogP contribution in [0.1, 0.15) is 94.2 Å². The van der Waals surface area contributed by atoms with Crippen LogP contribution in [0.3, 0.4) is 0 Å². The number of allylic oxidation sites excluding steroid dienone is 8. The van der Waals surface area contributed by atoms with Gasteiger partial charge in [-0.05, 0) is 111 Å². The van der Waals surface area contributed by atoms with E-state index in [1.54, 1.807) is 24.3 Å². The fourth-order valence-electron chi connectivity index (χ4n) is 6.46. The largest absolute Gasteiger partial charge is 0.493 e. The number of Topliss-reactive ketones (excluding diaryl/α,β-unsaturated/α-hetero) is 1. The zero-order chi connectivity index (χ0) is 38.9. The van der Waals surface area contributed by atoms with E-state index in [-0.39, 0.29) is 22.1 Å². The van der Waals surface area contributed by atoms with Gasteiger partial charge in [0.15, 0.2) is 5.69 Å². The lowest BCUT2D eigenvalue weighted by Gasteiger charge is -2.42. The number of rotatable bonds is 14. The molecule has 0 spiro atoms. The Balaban J connectivity index is 1.85. The number of thiocarbonyl (C=S) groups is 1. The maximum Gasteiger partial charge on any atom is 0.419 e. The van der Waals surface area contributed by atoms with Crippen LogP contribution in [-0.2, 0) is 15.8 Å². The van der Waals surface area contributed by atoms with Crippen LogP contribution in [0, 0.1) is 16.7 Å². The maximum atomic E-state index is 14.0. The molecule has 0 unspecified atom stereocenters. The van der Waals surface area contributed by atoms with Crippen LogP contribution >= 0.6 is 12.2 Å². The molecule has 274 valence electrons. The predicted octanol–water partition coefficient (Wildman–Crippen LogP) is 10.4. The Labute approximate surface area is 314 Å². The number of benzene rings is 1. The zero-order valence-electron chi connectivity index (χ0n) is 30.4. The average Bonchev–Trinajstić information content (AvgIpc) is 3.08. The normalized spacial score (nSPS) is 16.6. The molecule has 0 saturated heterocycles. The Morgan fingerprint density at radius 2 is 1.96 bits per heavy atom. The Morgan fingerprint density at radius 1 is 1.23 bits per heavy atom. The third-order valence-corrected chi connectivity index (χ3v) is 9.60. The minimum atomic E-state index is -4.76. The lowest BCUT2D eigenvalue weighted by Crippen LogP contribution is -2.38. The van der Waals surface area contributed by atoms with Crippen LogP contribution in [0.15, 0.2) is 102 Å². The molecule has 53 heavy (non-hydrogen) atoms. The number of nitrogens with one attached hydrogen (secondary N) is 1. The first kappa shape index (κ1) is 40.4. The van der Waals surface area contributed by atoms with Crippen molar-refractivity contribution in [1.29, 1.82) is 5.26 Å². The molecule has 0 radical (unpaired) electrons. The number of pyridine rings is 1. The minimum Gasteiger partial charge on any atom is -0.493 e. The molecule has 0 atom stereocenters. The van der Waals surface area contributed by atoms with Gasteiger partial charge in [0.1, 0.15) is 17.6 Å². The molecule has 1 aliphatic carbocycles. The number of nitriles is 1. The standard InChI is InChI=1S/C43H42F3N3O3S/c1-7-12-27(4)21-32-13-10-14-37(49-41(51)40(32)28(5)8-2)34-23-31(16-18-39(34)52-9-3)35(42(29(6)50)19-11-20-42)24-33(53)17-15-30-22-36(43(44,45)46)38(25-47)48-26-30/h8,10,13,15-18,22-24,26H,2,4,7,9,11-12,19-21H2,1,3,5-6H3,(H,49,51)/b17-15+,32-13?,35-24-,40-28?. The lowest BCUT2D eigenvalue weighted by molar-refractivity contribution is -0.138. The third kappa shape index (κ3) is 9.36. The van der Waals surface area contributed by atoms with Gasteiger partial charge in [0.2, 0.25) is 0 Å². The monoisotopic (exact) mass is 737 g/mol. The molecule has 2 heterocycles. The van der Waals surface area contributed by atoms with E-state index in [0.29, 0.717) is 65.2 Å². The van der Waals surface area contributed by atoms with Gasteiger partial charge in [-0.1, -0.05) is 80.7 Å². The smallest absolute Gasteiger partial charge is 0.419 e. The number of nitrogens with zero attached hydrogens (tertiary/aromatic N) is 2. The molecular formula is C43H42F3N3O3S. The molecule has 10 heteroatoms. The number of amides is 1. The van der Waals surface area contributed by atoms with Crippen LogP contribution < -0.4 is 10.1 Å². The molecule has 2 aliphatic rings. The number of carbonyl (C=O) groups excluding carboxylic acids is 2. The minimum absolute atomic E-state index is 0.0429. The van der Waals surface area contributed by atoms with Gasteiger partial charge in [0.05, 0.1) is 23.3 Å². The highest BCUT2D eigenvalue weighted by Gasteiger charge is 2.45. The summed E-state index contributed by atoms with van der Waals surface area (Å²) in [6.45, 7) is 15.7.